The largest absolute Gasteiger partial charge is 0.462 e. The Bertz CT molecular complexity index is 823. The smallest absolute Gasteiger partial charge is 0.341 e. The van der Waals surface area contributed by atoms with E-state index in [4.69, 9.17) is 4.74 Å². The lowest BCUT2D eigenvalue weighted by Crippen LogP contribution is -2.32. The van der Waals surface area contributed by atoms with E-state index in [1.807, 2.05) is 36.6 Å². The van der Waals surface area contributed by atoms with Crippen LogP contribution in [0.4, 0.5) is 5.00 Å². The summed E-state index contributed by atoms with van der Waals surface area (Å²) >= 11 is 1.36. The second kappa shape index (κ2) is 10.6. The van der Waals surface area contributed by atoms with Gasteiger partial charge in [-0.25, -0.2) is 4.79 Å². The predicted molar refractivity (Wildman–Crippen MR) is 119 cm³/mol. The highest BCUT2D eigenvalue weighted by atomic mass is 32.1. The first kappa shape index (κ1) is 21.5. The molecule has 0 spiro atoms. The maximum Gasteiger partial charge on any atom is 0.341 e. The van der Waals surface area contributed by atoms with E-state index in [9.17, 15) is 9.59 Å². The SMILES string of the molecule is CCOC(=O)c1c(-c2ccc(C)cc2)csc1NC(=O)CNCC1CCCCC1. The van der Waals surface area contributed by atoms with Crippen molar-refractivity contribution in [1.82, 2.24) is 5.32 Å². The van der Waals surface area contributed by atoms with Gasteiger partial charge in [0.15, 0.2) is 0 Å². The Morgan fingerprint density at radius 1 is 1.14 bits per heavy atom. The highest BCUT2D eigenvalue weighted by Gasteiger charge is 2.23. The van der Waals surface area contributed by atoms with Crippen molar-refractivity contribution in [3.8, 4) is 11.1 Å². The molecule has 1 aliphatic carbocycles. The van der Waals surface area contributed by atoms with Crippen molar-refractivity contribution < 1.29 is 14.3 Å². The molecule has 1 aromatic heterocycles. The fraction of sp³-hybridized carbons (Fsp3) is 0.478. The summed E-state index contributed by atoms with van der Waals surface area (Å²) in [6.45, 7) is 5.21. The van der Waals surface area contributed by atoms with Crippen molar-refractivity contribution in [2.24, 2.45) is 5.92 Å². The van der Waals surface area contributed by atoms with E-state index < -0.39 is 5.97 Å². The molecule has 1 aliphatic rings. The molecule has 3 rings (SSSR count). The van der Waals surface area contributed by atoms with Gasteiger partial charge < -0.3 is 15.4 Å². The van der Waals surface area contributed by atoms with E-state index in [1.165, 1.54) is 43.4 Å². The molecule has 1 heterocycles. The first-order valence-electron chi connectivity index (χ1n) is 10.4. The Kier molecular flexibility index (Phi) is 7.83. The van der Waals surface area contributed by atoms with Crippen LogP contribution in [0.2, 0.25) is 0 Å². The number of rotatable bonds is 8. The molecule has 1 saturated carbocycles. The van der Waals surface area contributed by atoms with Crippen molar-refractivity contribution in [3.05, 3.63) is 40.8 Å². The molecule has 6 heteroatoms. The van der Waals surface area contributed by atoms with Crippen LogP contribution in [0.3, 0.4) is 0 Å². The first-order chi connectivity index (χ1) is 14.1. The third-order valence-electron chi connectivity index (χ3n) is 5.33. The summed E-state index contributed by atoms with van der Waals surface area (Å²) < 4.78 is 5.26. The molecule has 0 bridgehead atoms. The Morgan fingerprint density at radius 3 is 2.55 bits per heavy atom. The maximum absolute atomic E-state index is 12.6. The summed E-state index contributed by atoms with van der Waals surface area (Å²) in [4.78, 5) is 25.1. The number of nitrogens with one attached hydrogen (secondary N) is 2. The van der Waals surface area contributed by atoms with Gasteiger partial charge in [0.1, 0.15) is 10.6 Å². The van der Waals surface area contributed by atoms with Gasteiger partial charge in [-0.1, -0.05) is 49.1 Å². The summed E-state index contributed by atoms with van der Waals surface area (Å²) in [5, 5.41) is 8.63. The van der Waals surface area contributed by atoms with Gasteiger partial charge in [-0.05, 0) is 44.7 Å². The van der Waals surface area contributed by atoms with Gasteiger partial charge in [0.05, 0.1) is 13.2 Å². The normalized spacial score (nSPS) is 14.6. The van der Waals surface area contributed by atoms with Gasteiger partial charge >= 0.3 is 5.97 Å². The number of esters is 1. The quantitative estimate of drug-likeness (QED) is 0.596. The average Bonchev–Trinajstić information content (AvgIpc) is 3.13. The second-order valence-electron chi connectivity index (χ2n) is 7.62. The summed E-state index contributed by atoms with van der Waals surface area (Å²) in [5.41, 5.74) is 3.31. The zero-order chi connectivity index (χ0) is 20.6. The van der Waals surface area contributed by atoms with Crippen molar-refractivity contribution >= 4 is 28.2 Å². The van der Waals surface area contributed by atoms with Crippen LogP contribution in [0.25, 0.3) is 11.1 Å². The number of hydrogen-bond acceptors (Lipinski definition) is 5. The van der Waals surface area contributed by atoms with Crippen LogP contribution in [0.1, 0.15) is 54.9 Å². The highest BCUT2D eigenvalue weighted by Crippen LogP contribution is 2.36. The molecule has 156 valence electrons. The minimum atomic E-state index is -0.408. The molecule has 0 atom stereocenters. The van der Waals surface area contributed by atoms with E-state index in [0.717, 1.165) is 23.2 Å². The van der Waals surface area contributed by atoms with Crippen LogP contribution < -0.4 is 10.6 Å². The fourth-order valence-corrected chi connectivity index (χ4v) is 4.73. The van der Waals surface area contributed by atoms with Crippen LogP contribution in [0.15, 0.2) is 29.6 Å². The standard InChI is InChI=1S/C23H30N2O3S/c1-3-28-23(27)21-19(18-11-9-16(2)10-12-18)15-29-22(21)25-20(26)14-24-13-17-7-5-4-6-8-17/h9-12,15,17,24H,3-8,13-14H2,1-2H3,(H,25,26). The van der Waals surface area contributed by atoms with Crippen molar-refractivity contribution in [3.63, 3.8) is 0 Å². The summed E-state index contributed by atoms with van der Waals surface area (Å²) in [6, 6.07) is 7.99. The minimum absolute atomic E-state index is 0.135. The van der Waals surface area contributed by atoms with E-state index in [2.05, 4.69) is 10.6 Å². The van der Waals surface area contributed by atoms with Crippen LogP contribution in [-0.2, 0) is 9.53 Å². The molecule has 2 aromatic rings. The Morgan fingerprint density at radius 2 is 1.86 bits per heavy atom. The van der Waals surface area contributed by atoms with E-state index in [-0.39, 0.29) is 12.5 Å². The van der Waals surface area contributed by atoms with Gasteiger partial charge in [-0.2, -0.15) is 0 Å². The number of aryl methyl sites for hydroxylation is 1. The van der Waals surface area contributed by atoms with Crippen LogP contribution in [-0.4, -0.2) is 31.6 Å². The Balaban J connectivity index is 1.68. The molecule has 29 heavy (non-hydrogen) atoms. The molecule has 5 nitrogen and oxygen atoms in total. The molecule has 0 unspecified atom stereocenters. The van der Waals surface area contributed by atoms with E-state index in [0.29, 0.717) is 23.1 Å². The Labute approximate surface area is 176 Å². The molecular formula is C23H30N2O3S. The number of hydrogen-bond donors (Lipinski definition) is 2. The predicted octanol–water partition coefficient (Wildman–Crippen LogP) is 5.01. The number of ether oxygens (including phenoxy) is 1. The zero-order valence-electron chi connectivity index (χ0n) is 17.3. The molecule has 1 aromatic carbocycles. The lowest BCUT2D eigenvalue weighted by molar-refractivity contribution is -0.115. The summed E-state index contributed by atoms with van der Waals surface area (Å²) in [7, 11) is 0. The molecular weight excluding hydrogens is 384 g/mol. The van der Waals surface area contributed by atoms with E-state index >= 15 is 0 Å². The third-order valence-corrected chi connectivity index (χ3v) is 6.22. The number of anilines is 1. The van der Waals surface area contributed by atoms with Crippen LogP contribution >= 0.6 is 11.3 Å². The highest BCUT2D eigenvalue weighted by molar-refractivity contribution is 7.15. The van der Waals surface area contributed by atoms with Gasteiger partial charge in [-0.15, -0.1) is 11.3 Å². The van der Waals surface area contributed by atoms with Crippen molar-refractivity contribution in [2.45, 2.75) is 46.0 Å². The second-order valence-corrected chi connectivity index (χ2v) is 8.50. The molecule has 1 amide bonds. The van der Waals surface area contributed by atoms with Crippen LogP contribution in [0, 0.1) is 12.8 Å². The number of thiophene rings is 1. The average molecular weight is 415 g/mol. The Hall–Kier alpha value is -2.18. The van der Waals surface area contributed by atoms with Gasteiger partial charge in [0, 0.05) is 10.9 Å². The fourth-order valence-electron chi connectivity index (χ4n) is 3.75. The lowest BCUT2D eigenvalue weighted by atomic mass is 9.89. The first-order valence-corrected chi connectivity index (χ1v) is 11.3. The minimum Gasteiger partial charge on any atom is -0.462 e. The van der Waals surface area contributed by atoms with Gasteiger partial charge in [-0.3, -0.25) is 4.79 Å². The monoisotopic (exact) mass is 414 g/mol. The van der Waals surface area contributed by atoms with E-state index in [1.54, 1.807) is 6.92 Å². The van der Waals surface area contributed by atoms with Gasteiger partial charge in [0.2, 0.25) is 5.91 Å². The molecule has 0 aliphatic heterocycles. The van der Waals surface area contributed by atoms with Crippen molar-refractivity contribution in [2.75, 3.05) is 25.0 Å². The number of carbonyl (C=O) groups is 2. The molecule has 1 fully saturated rings. The molecule has 0 radical (unpaired) electrons. The van der Waals surface area contributed by atoms with Crippen molar-refractivity contribution in [1.29, 1.82) is 0 Å². The zero-order valence-corrected chi connectivity index (χ0v) is 18.1. The number of amides is 1. The third kappa shape index (κ3) is 5.90. The van der Waals surface area contributed by atoms with Gasteiger partial charge in [0.25, 0.3) is 0 Å². The van der Waals surface area contributed by atoms with Crippen LogP contribution in [0.5, 0.6) is 0 Å². The lowest BCUT2D eigenvalue weighted by Gasteiger charge is -2.21. The molecule has 2 N–H and O–H groups in total. The summed E-state index contributed by atoms with van der Waals surface area (Å²) in [5.74, 6) is 0.125. The molecule has 0 saturated heterocycles. The topological polar surface area (TPSA) is 67.4 Å². The maximum atomic E-state index is 12.6. The number of carbonyl (C=O) groups excluding carboxylic acids is 2. The number of benzene rings is 1. The summed E-state index contributed by atoms with van der Waals surface area (Å²) in [6.07, 6.45) is 6.39.